The van der Waals surface area contributed by atoms with Crippen molar-refractivity contribution in [2.75, 3.05) is 13.1 Å². The number of rotatable bonds is 4. The molecule has 1 heterocycles. The predicted octanol–water partition coefficient (Wildman–Crippen LogP) is 3.66. The summed E-state index contributed by atoms with van der Waals surface area (Å²) in [7, 11) is 0. The first-order chi connectivity index (χ1) is 8.94. The third kappa shape index (κ3) is 3.52. The van der Waals surface area contributed by atoms with Crippen molar-refractivity contribution in [3.8, 4) is 0 Å². The molecule has 1 saturated heterocycles. The zero-order chi connectivity index (χ0) is 14.0. The van der Waals surface area contributed by atoms with Crippen molar-refractivity contribution >= 4 is 0 Å². The molecule has 0 aromatic heterocycles. The lowest BCUT2D eigenvalue weighted by Gasteiger charge is -2.47. The van der Waals surface area contributed by atoms with Crippen LogP contribution in [-0.4, -0.2) is 36.1 Å². The lowest BCUT2D eigenvalue weighted by molar-refractivity contribution is 0.0447. The van der Waals surface area contributed by atoms with Gasteiger partial charge in [0.25, 0.3) is 0 Å². The van der Waals surface area contributed by atoms with Crippen molar-refractivity contribution in [3.63, 3.8) is 0 Å². The molecule has 3 unspecified atom stereocenters. The van der Waals surface area contributed by atoms with Gasteiger partial charge in [-0.15, -0.1) is 0 Å². The van der Waals surface area contributed by atoms with Crippen LogP contribution in [0.5, 0.6) is 0 Å². The van der Waals surface area contributed by atoms with E-state index in [0.717, 1.165) is 30.6 Å². The van der Waals surface area contributed by atoms with Gasteiger partial charge in [-0.05, 0) is 56.5 Å². The molecule has 0 bridgehead atoms. The number of likely N-dealkylation sites (tertiary alicyclic amines) is 1. The molecule has 2 aliphatic rings. The van der Waals surface area contributed by atoms with Crippen molar-refractivity contribution in [2.45, 2.75) is 84.8 Å². The highest BCUT2D eigenvalue weighted by atomic mass is 15.2. The Labute approximate surface area is 120 Å². The molecule has 0 aromatic carbocycles. The average molecular weight is 266 g/mol. The number of nitrogens with one attached hydrogen (secondary N) is 1. The summed E-state index contributed by atoms with van der Waals surface area (Å²) in [5.74, 6) is 0.801. The molecule has 0 radical (unpaired) electrons. The molecule has 2 heteroatoms. The molecule has 1 saturated carbocycles. The van der Waals surface area contributed by atoms with E-state index in [9.17, 15) is 0 Å². The van der Waals surface area contributed by atoms with Crippen molar-refractivity contribution in [1.29, 1.82) is 0 Å². The molecular formula is C17H34N2. The Morgan fingerprint density at radius 2 is 2.00 bits per heavy atom. The molecule has 0 spiro atoms. The molecular weight excluding hydrogens is 232 g/mol. The topological polar surface area (TPSA) is 15.3 Å². The van der Waals surface area contributed by atoms with Crippen LogP contribution in [-0.2, 0) is 0 Å². The lowest BCUT2D eigenvalue weighted by atomic mass is 9.72. The Morgan fingerprint density at radius 1 is 1.26 bits per heavy atom. The molecule has 2 rings (SSSR count). The van der Waals surface area contributed by atoms with E-state index in [-0.39, 0.29) is 0 Å². The van der Waals surface area contributed by atoms with Crippen molar-refractivity contribution < 1.29 is 0 Å². The molecule has 2 nitrogen and oxygen atoms in total. The Kier molecular flexibility index (Phi) is 4.94. The summed E-state index contributed by atoms with van der Waals surface area (Å²) in [6.07, 6.45) is 6.91. The van der Waals surface area contributed by atoms with Gasteiger partial charge < -0.3 is 5.32 Å². The van der Waals surface area contributed by atoms with Crippen molar-refractivity contribution in [3.05, 3.63) is 0 Å². The molecule has 1 aliphatic carbocycles. The average Bonchev–Trinajstić information content (AvgIpc) is 2.80. The van der Waals surface area contributed by atoms with E-state index in [1.165, 1.54) is 38.6 Å². The summed E-state index contributed by atoms with van der Waals surface area (Å²) in [5.41, 5.74) is 0.528. The summed E-state index contributed by atoms with van der Waals surface area (Å²) >= 11 is 0. The van der Waals surface area contributed by atoms with Gasteiger partial charge in [0.2, 0.25) is 0 Å². The first-order valence-corrected chi connectivity index (χ1v) is 8.44. The Morgan fingerprint density at radius 3 is 2.63 bits per heavy atom. The SMILES string of the molecule is CCNC1CCC(C)(C)CC1N1CCCC1C(C)C. The molecule has 3 atom stereocenters. The van der Waals surface area contributed by atoms with E-state index in [1.54, 1.807) is 0 Å². The zero-order valence-corrected chi connectivity index (χ0v) is 13.7. The quantitative estimate of drug-likeness (QED) is 0.835. The second-order valence-corrected chi connectivity index (χ2v) is 7.83. The second-order valence-electron chi connectivity index (χ2n) is 7.83. The number of hydrogen-bond acceptors (Lipinski definition) is 2. The van der Waals surface area contributed by atoms with Gasteiger partial charge in [0.05, 0.1) is 0 Å². The molecule has 112 valence electrons. The van der Waals surface area contributed by atoms with Crippen LogP contribution >= 0.6 is 0 Å². The van der Waals surface area contributed by atoms with E-state index < -0.39 is 0 Å². The molecule has 1 aliphatic heterocycles. The normalized spacial score (nSPS) is 36.0. The highest BCUT2D eigenvalue weighted by Crippen LogP contribution is 2.40. The number of nitrogens with zero attached hydrogens (tertiary/aromatic N) is 1. The summed E-state index contributed by atoms with van der Waals surface area (Å²) in [5, 5.41) is 3.77. The first-order valence-electron chi connectivity index (χ1n) is 8.44. The van der Waals surface area contributed by atoms with Gasteiger partial charge in [-0.2, -0.15) is 0 Å². The number of hydrogen-bond donors (Lipinski definition) is 1. The summed E-state index contributed by atoms with van der Waals surface area (Å²) in [6.45, 7) is 14.4. The minimum Gasteiger partial charge on any atom is -0.313 e. The van der Waals surface area contributed by atoms with Crippen LogP contribution < -0.4 is 5.32 Å². The molecule has 0 amide bonds. The molecule has 1 N–H and O–H groups in total. The van der Waals surface area contributed by atoms with Crippen LogP contribution in [0.3, 0.4) is 0 Å². The van der Waals surface area contributed by atoms with Gasteiger partial charge in [0.15, 0.2) is 0 Å². The van der Waals surface area contributed by atoms with Crippen LogP contribution in [0.2, 0.25) is 0 Å². The second kappa shape index (κ2) is 6.13. The minimum absolute atomic E-state index is 0.528. The van der Waals surface area contributed by atoms with Crippen LogP contribution in [0.1, 0.15) is 66.7 Å². The van der Waals surface area contributed by atoms with Crippen molar-refractivity contribution in [1.82, 2.24) is 10.2 Å². The van der Waals surface area contributed by atoms with Crippen LogP contribution in [0, 0.1) is 11.3 Å². The first kappa shape index (κ1) is 15.3. The number of likely N-dealkylation sites (N-methyl/N-ethyl adjacent to an activating group) is 1. The maximum Gasteiger partial charge on any atom is 0.0257 e. The standard InChI is InChI=1S/C17H34N2/c1-6-18-14-9-10-17(4,5)12-16(14)19-11-7-8-15(19)13(2)3/h13-16,18H,6-12H2,1-5H3. The van der Waals surface area contributed by atoms with Gasteiger partial charge in [-0.1, -0.05) is 34.6 Å². The van der Waals surface area contributed by atoms with Crippen LogP contribution in [0.15, 0.2) is 0 Å². The maximum absolute atomic E-state index is 3.77. The zero-order valence-electron chi connectivity index (χ0n) is 13.7. The third-order valence-electron chi connectivity index (χ3n) is 5.36. The molecule has 2 fully saturated rings. The van der Waals surface area contributed by atoms with Gasteiger partial charge in [-0.25, -0.2) is 0 Å². The summed E-state index contributed by atoms with van der Waals surface area (Å²) in [4.78, 5) is 2.86. The predicted molar refractivity (Wildman–Crippen MR) is 83.5 cm³/mol. The largest absolute Gasteiger partial charge is 0.313 e. The van der Waals surface area contributed by atoms with Gasteiger partial charge >= 0.3 is 0 Å². The van der Waals surface area contributed by atoms with Gasteiger partial charge in [0, 0.05) is 18.1 Å². The maximum atomic E-state index is 3.77. The Bertz CT molecular complexity index is 285. The molecule has 19 heavy (non-hydrogen) atoms. The summed E-state index contributed by atoms with van der Waals surface area (Å²) < 4.78 is 0. The van der Waals surface area contributed by atoms with E-state index in [0.29, 0.717) is 5.41 Å². The molecule has 0 aromatic rings. The van der Waals surface area contributed by atoms with Gasteiger partial charge in [0.1, 0.15) is 0 Å². The van der Waals surface area contributed by atoms with E-state index >= 15 is 0 Å². The fourth-order valence-corrected chi connectivity index (χ4v) is 4.34. The van der Waals surface area contributed by atoms with Crippen molar-refractivity contribution in [2.24, 2.45) is 11.3 Å². The fraction of sp³-hybridized carbons (Fsp3) is 1.00. The minimum atomic E-state index is 0.528. The van der Waals surface area contributed by atoms with E-state index in [1.807, 2.05) is 0 Å². The van der Waals surface area contributed by atoms with Crippen LogP contribution in [0.4, 0.5) is 0 Å². The summed E-state index contributed by atoms with van der Waals surface area (Å²) in [6, 6.07) is 2.30. The highest BCUT2D eigenvalue weighted by molar-refractivity contribution is 4.98. The monoisotopic (exact) mass is 266 g/mol. The fourth-order valence-electron chi connectivity index (χ4n) is 4.34. The lowest BCUT2D eigenvalue weighted by Crippen LogP contribution is -2.56. The highest BCUT2D eigenvalue weighted by Gasteiger charge is 2.41. The Balaban J connectivity index is 2.12. The van der Waals surface area contributed by atoms with E-state index in [2.05, 4.69) is 44.8 Å². The van der Waals surface area contributed by atoms with Gasteiger partial charge in [-0.3, -0.25) is 4.90 Å². The van der Waals surface area contributed by atoms with E-state index in [4.69, 9.17) is 0 Å². The third-order valence-corrected chi connectivity index (χ3v) is 5.36. The van der Waals surface area contributed by atoms with Crippen LogP contribution in [0.25, 0.3) is 0 Å². The smallest absolute Gasteiger partial charge is 0.0257 e. The Hall–Kier alpha value is -0.0800.